The summed E-state index contributed by atoms with van der Waals surface area (Å²) < 4.78 is 0. The van der Waals surface area contributed by atoms with E-state index in [0.717, 1.165) is 42.9 Å². The van der Waals surface area contributed by atoms with Crippen LogP contribution in [0.2, 0.25) is 0 Å². The van der Waals surface area contributed by atoms with Gasteiger partial charge in [-0.25, -0.2) is 0 Å². The van der Waals surface area contributed by atoms with Crippen molar-refractivity contribution in [2.45, 2.75) is 111 Å². The lowest BCUT2D eigenvalue weighted by molar-refractivity contribution is -0.124. The van der Waals surface area contributed by atoms with Crippen molar-refractivity contribution in [2.75, 3.05) is 0 Å². The third kappa shape index (κ3) is 5.88. The zero-order chi connectivity index (χ0) is 17.4. The SMILES string of the molecule is CCCCCC1CCC(C2CCC(C(=O)CCCC)CC2)C(C)C1. The molecular weight excluding hydrogens is 292 g/mol. The maximum atomic E-state index is 12.3. The molecule has 1 nitrogen and oxygen atoms in total. The van der Waals surface area contributed by atoms with E-state index in [0.29, 0.717) is 11.7 Å². The molecule has 0 saturated heterocycles. The molecule has 0 N–H and O–H groups in total. The van der Waals surface area contributed by atoms with Crippen molar-refractivity contribution in [3.8, 4) is 0 Å². The lowest BCUT2D eigenvalue weighted by atomic mass is 9.64. The predicted octanol–water partition coefficient (Wildman–Crippen LogP) is 7.18. The van der Waals surface area contributed by atoms with Gasteiger partial charge < -0.3 is 0 Å². The average molecular weight is 335 g/mol. The van der Waals surface area contributed by atoms with E-state index in [9.17, 15) is 4.79 Å². The molecule has 0 aliphatic heterocycles. The molecule has 0 aromatic rings. The van der Waals surface area contributed by atoms with Crippen LogP contribution in [-0.2, 0) is 4.79 Å². The molecule has 1 heteroatoms. The maximum Gasteiger partial charge on any atom is 0.135 e. The lowest BCUT2D eigenvalue weighted by Crippen LogP contribution is -2.32. The molecule has 3 atom stereocenters. The highest BCUT2D eigenvalue weighted by atomic mass is 16.1. The summed E-state index contributed by atoms with van der Waals surface area (Å²) in [7, 11) is 0. The van der Waals surface area contributed by atoms with E-state index >= 15 is 0 Å². The largest absolute Gasteiger partial charge is 0.299 e. The Morgan fingerprint density at radius 3 is 2.21 bits per heavy atom. The van der Waals surface area contributed by atoms with E-state index in [1.165, 1.54) is 70.6 Å². The van der Waals surface area contributed by atoms with Crippen molar-refractivity contribution >= 4 is 5.78 Å². The highest BCUT2D eigenvalue weighted by Gasteiger charge is 2.35. The highest BCUT2D eigenvalue weighted by Crippen LogP contribution is 2.45. The number of hydrogen-bond acceptors (Lipinski definition) is 1. The second-order valence-corrected chi connectivity index (χ2v) is 9.00. The summed E-state index contributed by atoms with van der Waals surface area (Å²) in [5, 5.41) is 0. The molecule has 140 valence electrons. The van der Waals surface area contributed by atoms with Gasteiger partial charge in [0.2, 0.25) is 0 Å². The van der Waals surface area contributed by atoms with Crippen LogP contribution in [0.3, 0.4) is 0 Å². The molecule has 0 aromatic heterocycles. The minimum absolute atomic E-state index is 0.411. The molecule has 0 aromatic carbocycles. The fourth-order valence-corrected chi connectivity index (χ4v) is 5.60. The minimum Gasteiger partial charge on any atom is -0.299 e. The molecular formula is C23H42O. The van der Waals surface area contributed by atoms with Crippen LogP contribution in [0, 0.1) is 29.6 Å². The van der Waals surface area contributed by atoms with Crippen molar-refractivity contribution < 1.29 is 4.79 Å². The van der Waals surface area contributed by atoms with Gasteiger partial charge in [0, 0.05) is 12.3 Å². The fraction of sp³-hybridized carbons (Fsp3) is 0.957. The Bertz CT molecular complexity index is 353. The van der Waals surface area contributed by atoms with Gasteiger partial charge >= 0.3 is 0 Å². The number of carbonyl (C=O) groups excluding carboxylic acids is 1. The first-order valence-electron chi connectivity index (χ1n) is 11.2. The van der Waals surface area contributed by atoms with Crippen LogP contribution in [0.15, 0.2) is 0 Å². The Morgan fingerprint density at radius 2 is 1.58 bits per heavy atom. The molecule has 2 rings (SSSR count). The number of carbonyl (C=O) groups is 1. The molecule has 0 heterocycles. The van der Waals surface area contributed by atoms with Gasteiger partial charge in [0.1, 0.15) is 5.78 Å². The predicted molar refractivity (Wildman–Crippen MR) is 104 cm³/mol. The van der Waals surface area contributed by atoms with Gasteiger partial charge in [0.05, 0.1) is 0 Å². The quantitative estimate of drug-likeness (QED) is 0.408. The van der Waals surface area contributed by atoms with E-state index in [1.54, 1.807) is 0 Å². The Labute approximate surface area is 151 Å². The number of ketones is 1. The summed E-state index contributed by atoms with van der Waals surface area (Å²) in [5.41, 5.74) is 0. The molecule has 24 heavy (non-hydrogen) atoms. The minimum atomic E-state index is 0.411. The third-order valence-electron chi connectivity index (χ3n) is 7.17. The number of rotatable bonds is 9. The Hall–Kier alpha value is -0.330. The van der Waals surface area contributed by atoms with Gasteiger partial charge in [-0.1, -0.05) is 59.3 Å². The molecule has 2 saturated carbocycles. The topological polar surface area (TPSA) is 17.1 Å². The van der Waals surface area contributed by atoms with E-state index < -0.39 is 0 Å². The van der Waals surface area contributed by atoms with Crippen molar-refractivity contribution in [2.24, 2.45) is 29.6 Å². The molecule has 0 bridgehead atoms. The van der Waals surface area contributed by atoms with Crippen molar-refractivity contribution in [1.29, 1.82) is 0 Å². The second-order valence-electron chi connectivity index (χ2n) is 9.00. The first-order valence-corrected chi connectivity index (χ1v) is 11.2. The van der Waals surface area contributed by atoms with Crippen LogP contribution >= 0.6 is 0 Å². The van der Waals surface area contributed by atoms with Gasteiger partial charge in [-0.15, -0.1) is 0 Å². The molecule has 2 fully saturated rings. The van der Waals surface area contributed by atoms with Crippen LogP contribution in [0.5, 0.6) is 0 Å². The number of Topliss-reactive ketones (excluding diaryl/α,β-unsaturated/α-hetero) is 1. The lowest BCUT2D eigenvalue weighted by Gasteiger charge is -2.41. The molecule has 3 unspecified atom stereocenters. The van der Waals surface area contributed by atoms with Crippen LogP contribution in [0.1, 0.15) is 111 Å². The van der Waals surface area contributed by atoms with Crippen LogP contribution in [0.25, 0.3) is 0 Å². The monoisotopic (exact) mass is 334 g/mol. The summed E-state index contributed by atoms with van der Waals surface area (Å²) in [5.74, 6) is 4.79. The van der Waals surface area contributed by atoms with Crippen LogP contribution in [-0.4, -0.2) is 5.78 Å². The first-order chi connectivity index (χ1) is 11.7. The highest BCUT2D eigenvalue weighted by molar-refractivity contribution is 5.81. The summed E-state index contributed by atoms with van der Waals surface area (Å²) in [6.45, 7) is 7.02. The van der Waals surface area contributed by atoms with Crippen molar-refractivity contribution in [3.63, 3.8) is 0 Å². The summed E-state index contributed by atoms with van der Waals surface area (Å²) in [6, 6.07) is 0. The normalized spacial score (nSPS) is 34.2. The van der Waals surface area contributed by atoms with Gasteiger partial charge in [-0.3, -0.25) is 4.79 Å². The molecule has 0 amide bonds. The molecule has 2 aliphatic carbocycles. The van der Waals surface area contributed by atoms with Gasteiger partial charge in [0.25, 0.3) is 0 Å². The number of hydrogen-bond donors (Lipinski definition) is 0. The first kappa shape index (κ1) is 20.0. The Morgan fingerprint density at radius 1 is 0.875 bits per heavy atom. The smallest absolute Gasteiger partial charge is 0.135 e. The summed E-state index contributed by atoms with van der Waals surface area (Å²) in [4.78, 5) is 12.3. The standard InChI is InChI=1S/C23H42O/c1-4-6-8-9-19-11-16-22(18(3)17-19)20-12-14-21(15-13-20)23(24)10-7-5-2/h18-22H,4-17H2,1-3H3. The molecule has 0 spiro atoms. The van der Waals surface area contributed by atoms with Crippen LogP contribution < -0.4 is 0 Å². The van der Waals surface area contributed by atoms with Gasteiger partial charge in [-0.05, 0) is 68.6 Å². The summed E-state index contributed by atoms with van der Waals surface area (Å²) in [6.07, 6.45) is 18.3. The second kappa shape index (κ2) is 10.6. The van der Waals surface area contributed by atoms with E-state index in [4.69, 9.17) is 0 Å². The van der Waals surface area contributed by atoms with E-state index in [-0.39, 0.29) is 0 Å². The van der Waals surface area contributed by atoms with Crippen LogP contribution in [0.4, 0.5) is 0 Å². The zero-order valence-corrected chi connectivity index (χ0v) is 16.7. The summed E-state index contributed by atoms with van der Waals surface area (Å²) >= 11 is 0. The molecule has 2 aliphatic rings. The maximum absolute atomic E-state index is 12.3. The zero-order valence-electron chi connectivity index (χ0n) is 16.7. The van der Waals surface area contributed by atoms with Gasteiger partial charge in [0.15, 0.2) is 0 Å². The van der Waals surface area contributed by atoms with Crippen molar-refractivity contribution in [3.05, 3.63) is 0 Å². The fourth-order valence-electron chi connectivity index (χ4n) is 5.60. The number of unbranched alkanes of at least 4 members (excludes halogenated alkanes) is 3. The van der Waals surface area contributed by atoms with E-state index in [1.807, 2.05) is 0 Å². The Balaban J connectivity index is 1.71. The average Bonchev–Trinajstić information content (AvgIpc) is 2.60. The van der Waals surface area contributed by atoms with Gasteiger partial charge in [-0.2, -0.15) is 0 Å². The van der Waals surface area contributed by atoms with E-state index in [2.05, 4.69) is 20.8 Å². The Kier molecular flexibility index (Phi) is 8.84. The third-order valence-corrected chi connectivity index (χ3v) is 7.17. The van der Waals surface area contributed by atoms with Crippen molar-refractivity contribution in [1.82, 2.24) is 0 Å². The molecule has 0 radical (unpaired) electrons.